The van der Waals surface area contributed by atoms with Crippen molar-refractivity contribution in [2.45, 2.75) is 0 Å². The Hall–Kier alpha value is 0.229. The molecular formula is C7H5ClIN2Se. The van der Waals surface area contributed by atoms with Crippen LogP contribution in [0.3, 0.4) is 0 Å². The van der Waals surface area contributed by atoms with Gasteiger partial charge in [-0.15, -0.1) is 0 Å². The molecule has 0 bridgehead atoms. The molecule has 0 saturated carbocycles. The van der Waals surface area contributed by atoms with Crippen LogP contribution in [0.4, 0.5) is 5.69 Å². The summed E-state index contributed by atoms with van der Waals surface area (Å²) in [5.41, 5.74) is 6.22. The fraction of sp³-hybridized carbons (Fsp3) is 0. The minimum absolute atomic E-state index is 0.426. The van der Waals surface area contributed by atoms with E-state index in [0.717, 1.165) is 9.26 Å². The van der Waals surface area contributed by atoms with Crippen molar-refractivity contribution >= 4 is 60.6 Å². The van der Waals surface area contributed by atoms with Crippen molar-refractivity contribution in [3.05, 3.63) is 26.8 Å². The summed E-state index contributed by atoms with van der Waals surface area (Å²) < 4.78 is 1.41. The number of amidine groups is 1. The van der Waals surface area contributed by atoms with Crippen LogP contribution >= 0.6 is 34.2 Å². The summed E-state index contributed by atoms with van der Waals surface area (Å²) >= 11 is 10.5. The second-order valence-corrected chi connectivity index (χ2v) is 4.52. The predicted octanol–water partition coefficient (Wildman–Crippen LogP) is 2.06. The van der Waals surface area contributed by atoms with Gasteiger partial charge in [0, 0.05) is 0 Å². The molecule has 0 aliphatic carbocycles. The fourth-order valence-corrected chi connectivity index (χ4v) is 1.89. The van der Waals surface area contributed by atoms with Crippen molar-refractivity contribution in [3.8, 4) is 0 Å². The van der Waals surface area contributed by atoms with E-state index in [1.807, 2.05) is 12.1 Å². The van der Waals surface area contributed by atoms with Crippen molar-refractivity contribution < 1.29 is 0 Å². The number of aliphatic imine (C=N–C) groups is 1. The Labute approximate surface area is 97.5 Å². The van der Waals surface area contributed by atoms with Gasteiger partial charge in [-0.1, -0.05) is 0 Å². The second kappa shape index (κ2) is 4.46. The molecule has 0 spiro atoms. The summed E-state index contributed by atoms with van der Waals surface area (Å²) in [6, 6.07) is 5.45. The number of benzene rings is 1. The van der Waals surface area contributed by atoms with Crippen LogP contribution < -0.4 is 5.73 Å². The van der Waals surface area contributed by atoms with Gasteiger partial charge in [0.05, 0.1) is 0 Å². The molecule has 0 heterocycles. The Balaban J connectivity index is 3.10. The zero-order valence-electron chi connectivity index (χ0n) is 5.92. The van der Waals surface area contributed by atoms with Crippen LogP contribution in [0, 0.1) is 3.57 Å². The summed E-state index contributed by atoms with van der Waals surface area (Å²) in [4.78, 5) is 4.07. The average Bonchev–Trinajstić information content (AvgIpc) is 1.94. The molecule has 1 aromatic carbocycles. The summed E-state index contributed by atoms with van der Waals surface area (Å²) in [7, 11) is 0. The first-order valence-electron chi connectivity index (χ1n) is 3.06. The Morgan fingerprint density at radius 1 is 1.58 bits per heavy atom. The summed E-state index contributed by atoms with van der Waals surface area (Å²) in [6.07, 6.45) is 0. The third-order valence-corrected chi connectivity index (χ3v) is 2.43. The molecule has 0 aliphatic rings. The molecule has 1 aromatic rings. The molecule has 5 heteroatoms. The molecule has 0 aliphatic heterocycles. The van der Waals surface area contributed by atoms with Crippen LogP contribution in [0.25, 0.3) is 0 Å². The van der Waals surface area contributed by atoms with Gasteiger partial charge in [0.25, 0.3) is 0 Å². The SMILES string of the molecule is NC([Se])=Nc1ccc(Cl)cc1I. The van der Waals surface area contributed by atoms with Crippen LogP contribution in [0.15, 0.2) is 23.2 Å². The van der Waals surface area contributed by atoms with Crippen molar-refractivity contribution in [2.24, 2.45) is 10.7 Å². The molecule has 63 valence electrons. The maximum absolute atomic E-state index is 5.76. The molecule has 0 aromatic heterocycles. The zero-order valence-corrected chi connectivity index (χ0v) is 10.5. The molecular weight excluding hydrogens is 353 g/mol. The van der Waals surface area contributed by atoms with Gasteiger partial charge in [-0.3, -0.25) is 0 Å². The molecule has 12 heavy (non-hydrogen) atoms. The van der Waals surface area contributed by atoms with Crippen LogP contribution in [-0.4, -0.2) is 20.7 Å². The van der Waals surface area contributed by atoms with E-state index < -0.39 is 0 Å². The molecule has 0 atom stereocenters. The molecule has 0 fully saturated rings. The Morgan fingerprint density at radius 2 is 2.25 bits per heavy atom. The molecule has 0 amide bonds. The third kappa shape index (κ3) is 2.94. The van der Waals surface area contributed by atoms with Crippen LogP contribution in [0.5, 0.6) is 0 Å². The Bertz CT molecular complexity index is 323. The molecule has 2 N–H and O–H groups in total. The third-order valence-electron chi connectivity index (χ3n) is 1.14. The maximum atomic E-state index is 5.76. The summed E-state index contributed by atoms with van der Waals surface area (Å²) in [5.74, 6) is 0. The van der Waals surface area contributed by atoms with Gasteiger partial charge in [-0.2, -0.15) is 0 Å². The normalized spacial score (nSPS) is 11.7. The first kappa shape index (κ1) is 10.3. The number of hydrogen-bond acceptors (Lipinski definition) is 1. The van der Waals surface area contributed by atoms with E-state index in [2.05, 4.69) is 43.6 Å². The Morgan fingerprint density at radius 3 is 2.75 bits per heavy atom. The first-order valence-corrected chi connectivity index (χ1v) is 5.37. The first-order chi connectivity index (χ1) is 5.59. The van der Waals surface area contributed by atoms with Crippen LogP contribution in [0.2, 0.25) is 5.02 Å². The number of hydrogen-bond donors (Lipinski definition) is 1. The molecule has 0 unspecified atom stereocenters. The molecule has 0 saturated heterocycles. The average molecular weight is 358 g/mol. The number of rotatable bonds is 1. The van der Waals surface area contributed by atoms with Gasteiger partial charge in [0.15, 0.2) is 0 Å². The zero-order chi connectivity index (χ0) is 9.14. The van der Waals surface area contributed by atoms with Gasteiger partial charge >= 0.3 is 98.1 Å². The number of nitrogens with two attached hydrogens (primary N) is 1. The van der Waals surface area contributed by atoms with E-state index in [1.165, 1.54) is 0 Å². The minimum atomic E-state index is 0.426. The van der Waals surface area contributed by atoms with E-state index in [4.69, 9.17) is 17.3 Å². The molecule has 2 nitrogen and oxygen atoms in total. The molecule has 1 rings (SSSR count). The number of nitrogens with zero attached hydrogens (tertiary/aromatic N) is 1. The fourth-order valence-electron chi connectivity index (χ4n) is 0.691. The number of halogens is 2. The summed E-state index contributed by atoms with van der Waals surface area (Å²) in [5, 5.41) is 0.706. The Kier molecular flexibility index (Phi) is 3.83. The van der Waals surface area contributed by atoms with E-state index in [0.29, 0.717) is 9.76 Å². The monoisotopic (exact) mass is 359 g/mol. The predicted molar refractivity (Wildman–Crippen MR) is 61.2 cm³/mol. The van der Waals surface area contributed by atoms with Gasteiger partial charge in [0.1, 0.15) is 0 Å². The summed E-state index contributed by atoms with van der Waals surface area (Å²) in [6.45, 7) is 0. The topological polar surface area (TPSA) is 38.4 Å². The van der Waals surface area contributed by atoms with Gasteiger partial charge in [-0.25, -0.2) is 0 Å². The van der Waals surface area contributed by atoms with E-state index >= 15 is 0 Å². The van der Waals surface area contributed by atoms with E-state index in [1.54, 1.807) is 6.07 Å². The van der Waals surface area contributed by atoms with Crippen molar-refractivity contribution in [3.63, 3.8) is 0 Å². The van der Waals surface area contributed by atoms with Gasteiger partial charge in [-0.05, 0) is 0 Å². The van der Waals surface area contributed by atoms with Crippen LogP contribution in [0.1, 0.15) is 0 Å². The van der Waals surface area contributed by atoms with Crippen LogP contribution in [-0.2, 0) is 0 Å². The van der Waals surface area contributed by atoms with E-state index in [-0.39, 0.29) is 0 Å². The van der Waals surface area contributed by atoms with Crippen molar-refractivity contribution in [1.29, 1.82) is 0 Å². The molecule has 1 radical (unpaired) electrons. The standard InChI is InChI=1S/C7H5ClIN2Se/c8-4-1-2-6(5(9)3-4)11-7(10)12/h1-3H,(H2,10,11). The van der Waals surface area contributed by atoms with Crippen molar-refractivity contribution in [2.75, 3.05) is 0 Å². The van der Waals surface area contributed by atoms with E-state index in [9.17, 15) is 0 Å². The quantitative estimate of drug-likeness (QED) is 0.355. The van der Waals surface area contributed by atoms with Gasteiger partial charge in [0.2, 0.25) is 0 Å². The second-order valence-electron chi connectivity index (χ2n) is 2.05. The van der Waals surface area contributed by atoms with Gasteiger partial charge < -0.3 is 0 Å². The van der Waals surface area contributed by atoms with Crippen molar-refractivity contribution in [1.82, 2.24) is 0 Å².